The minimum atomic E-state index is -0.200. The van der Waals surface area contributed by atoms with E-state index in [-0.39, 0.29) is 5.91 Å². The van der Waals surface area contributed by atoms with Gasteiger partial charge in [0, 0.05) is 25.4 Å². The van der Waals surface area contributed by atoms with Crippen LogP contribution in [0.25, 0.3) is 5.65 Å². The third-order valence-electron chi connectivity index (χ3n) is 2.83. The number of carbonyl (C=O) groups excluding carboxylic acids is 1. The van der Waals surface area contributed by atoms with E-state index in [1.54, 1.807) is 12.1 Å². The maximum atomic E-state index is 11.6. The Kier molecular flexibility index (Phi) is 3.02. The Morgan fingerprint density at radius 1 is 1.32 bits per heavy atom. The van der Waals surface area contributed by atoms with E-state index in [9.17, 15) is 4.79 Å². The molecule has 3 aromatic heterocycles. The third kappa shape index (κ3) is 2.49. The third-order valence-corrected chi connectivity index (χ3v) is 2.83. The summed E-state index contributed by atoms with van der Waals surface area (Å²) in [5.74, 6) is 0.128. The fraction of sp³-hybridized carbons (Fsp3) is 0.143. The molecular weight excluding hydrogens is 242 g/mol. The lowest BCUT2D eigenvalue weighted by molar-refractivity contribution is 0.0926. The van der Waals surface area contributed by atoms with Gasteiger partial charge >= 0.3 is 0 Å². The van der Waals surface area contributed by atoms with Gasteiger partial charge in [-0.1, -0.05) is 6.07 Å². The summed E-state index contributed by atoms with van der Waals surface area (Å²) in [6, 6.07) is 9.18. The van der Waals surface area contributed by atoms with Gasteiger partial charge in [-0.2, -0.15) is 0 Å². The largest absolute Gasteiger partial charge is 0.459 e. The summed E-state index contributed by atoms with van der Waals surface area (Å²) < 4.78 is 6.98. The Labute approximate surface area is 109 Å². The molecule has 0 atom stereocenters. The quantitative estimate of drug-likeness (QED) is 0.774. The summed E-state index contributed by atoms with van der Waals surface area (Å²) >= 11 is 0. The first kappa shape index (κ1) is 11.5. The molecule has 0 bridgehead atoms. The van der Waals surface area contributed by atoms with E-state index in [1.165, 1.54) is 6.26 Å². The van der Waals surface area contributed by atoms with E-state index >= 15 is 0 Å². The number of nitrogens with zero attached hydrogens (tertiary/aromatic N) is 2. The standard InChI is InChI=1S/C14H13N3O2/c18-14(12-4-3-9-19-12)15-7-6-11-10-17-8-2-1-5-13(17)16-11/h1-5,8-10H,6-7H2,(H,15,18). The zero-order valence-electron chi connectivity index (χ0n) is 10.2. The van der Waals surface area contributed by atoms with Crippen LogP contribution >= 0.6 is 0 Å². The first-order valence-corrected chi connectivity index (χ1v) is 6.07. The summed E-state index contributed by atoms with van der Waals surface area (Å²) in [5, 5.41) is 2.80. The van der Waals surface area contributed by atoms with Crippen LogP contribution in [-0.4, -0.2) is 21.8 Å². The van der Waals surface area contributed by atoms with Crippen molar-refractivity contribution in [2.75, 3.05) is 6.54 Å². The molecule has 0 aromatic carbocycles. The summed E-state index contributed by atoms with van der Waals surface area (Å²) in [4.78, 5) is 16.1. The predicted molar refractivity (Wildman–Crippen MR) is 69.9 cm³/mol. The van der Waals surface area contributed by atoms with Crippen molar-refractivity contribution in [2.45, 2.75) is 6.42 Å². The van der Waals surface area contributed by atoms with Crippen molar-refractivity contribution in [3.63, 3.8) is 0 Å². The monoisotopic (exact) mass is 255 g/mol. The minimum absolute atomic E-state index is 0.200. The highest BCUT2D eigenvalue weighted by Gasteiger charge is 2.07. The number of imidazole rings is 1. The van der Waals surface area contributed by atoms with Gasteiger partial charge in [0.05, 0.1) is 12.0 Å². The molecule has 0 aliphatic heterocycles. The van der Waals surface area contributed by atoms with Gasteiger partial charge in [-0.25, -0.2) is 4.98 Å². The smallest absolute Gasteiger partial charge is 0.286 e. The zero-order chi connectivity index (χ0) is 13.1. The molecule has 5 heteroatoms. The molecule has 5 nitrogen and oxygen atoms in total. The molecule has 0 saturated heterocycles. The van der Waals surface area contributed by atoms with Crippen molar-refractivity contribution in [3.05, 3.63) is 60.4 Å². The second-order valence-electron chi connectivity index (χ2n) is 4.18. The van der Waals surface area contributed by atoms with Gasteiger partial charge in [-0.05, 0) is 24.3 Å². The molecule has 0 fully saturated rings. The highest BCUT2D eigenvalue weighted by atomic mass is 16.3. The van der Waals surface area contributed by atoms with E-state index in [0.29, 0.717) is 18.7 Å². The summed E-state index contributed by atoms with van der Waals surface area (Å²) in [7, 11) is 0. The molecule has 3 heterocycles. The van der Waals surface area contributed by atoms with Crippen molar-refractivity contribution in [1.29, 1.82) is 0 Å². The highest BCUT2D eigenvalue weighted by molar-refractivity contribution is 5.91. The van der Waals surface area contributed by atoms with Crippen LogP contribution in [0.5, 0.6) is 0 Å². The van der Waals surface area contributed by atoms with Crippen molar-refractivity contribution in [3.8, 4) is 0 Å². The molecule has 1 N–H and O–H groups in total. The SMILES string of the molecule is O=C(NCCc1cn2ccccc2n1)c1ccco1. The van der Waals surface area contributed by atoms with E-state index in [1.807, 2.05) is 35.0 Å². The van der Waals surface area contributed by atoms with E-state index in [4.69, 9.17) is 4.42 Å². The molecule has 19 heavy (non-hydrogen) atoms. The summed E-state index contributed by atoms with van der Waals surface area (Å²) in [5.41, 5.74) is 1.86. The molecule has 3 rings (SSSR count). The zero-order valence-corrected chi connectivity index (χ0v) is 10.2. The van der Waals surface area contributed by atoms with E-state index in [0.717, 1.165) is 11.3 Å². The Balaban J connectivity index is 1.59. The molecule has 96 valence electrons. The lowest BCUT2D eigenvalue weighted by atomic mass is 10.3. The van der Waals surface area contributed by atoms with Gasteiger partial charge in [0.2, 0.25) is 0 Å². The number of aromatic nitrogens is 2. The van der Waals surface area contributed by atoms with Crippen LogP contribution in [0.15, 0.2) is 53.4 Å². The number of carbonyl (C=O) groups is 1. The van der Waals surface area contributed by atoms with E-state index < -0.39 is 0 Å². The predicted octanol–water partition coefficient (Wildman–Crippen LogP) is 1.90. The molecule has 0 spiro atoms. The highest BCUT2D eigenvalue weighted by Crippen LogP contribution is 2.05. The Hall–Kier alpha value is -2.56. The van der Waals surface area contributed by atoms with Gasteiger partial charge in [-0.15, -0.1) is 0 Å². The Bertz CT molecular complexity index is 653. The number of pyridine rings is 1. The summed E-state index contributed by atoms with van der Waals surface area (Å²) in [6.07, 6.45) is 6.09. The first-order chi connectivity index (χ1) is 9.33. The molecule has 0 saturated carbocycles. The number of hydrogen-bond acceptors (Lipinski definition) is 3. The first-order valence-electron chi connectivity index (χ1n) is 6.07. The van der Waals surface area contributed by atoms with Crippen LogP contribution in [0, 0.1) is 0 Å². The average molecular weight is 255 g/mol. The number of nitrogens with one attached hydrogen (secondary N) is 1. The molecule has 3 aromatic rings. The topological polar surface area (TPSA) is 59.5 Å². The molecular formula is C14H13N3O2. The average Bonchev–Trinajstić information content (AvgIpc) is 3.07. The fourth-order valence-electron chi connectivity index (χ4n) is 1.91. The number of furan rings is 1. The minimum Gasteiger partial charge on any atom is -0.459 e. The van der Waals surface area contributed by atoms with Gasteiger partial charge in [0.15, 0.2) is 5.76 Å². The molecule has 1 amide bonds. The van der Waals surface area contributed by atoms with E-state index in [2.05, 4.69) is 10.3 Å². The molecule has 0 radical (unpaired) electrons. The lowest BCUT2D eigenvalue weighted by Gasteiger charge is -2.00. The molecule has 0 aliphatic rings. The van der Waals surface area contributed by atoms with Crippen molar-refractivity contribution >= 4 is 11.6 Å². The van der Waals surface area contributed by atoms with Crippen LogP contribution in [-0.2, 0) is 6.42 Å². The van der Waals surface area contributed by atoms with Gasteiger partial charge in [0.1, 0.15) is 5.65 Å². The van der Waals surface area contributed by atoms with Crippen LogP contribution in [0.3, 0.4) is 0 Å². The van der Waals surface area contributed by atoms with Crippen LogP contribution in [0.1, 0.15) is 16.2 Å². The van der Waals surface area contributed by atoms with Crippen molar-refractivity contribution in [1.82, 2.24) is 14.7 Å². The second kappa shape index (κ2) is 4.97. The van der Waals surface area contributed by atoms with Crippen molar-refractivity contribution < 1.29 is 9.21 Å². The number of fused-ring (bicyclic) bond motifs is 1. The van der Waals surface area contributed by atoms with Crippen molar-refractivity contribution in [2.24, 2.45) is 0 Å². The van der Waals surface area contributed by atoms with Crippen LogP contribution in [0.2, 0.25) is 0 Å². The maximum Gasteiger partial charge on any atom is 0.286 e. The lowest BCUT2D eigenvalue weighted by Crippen LogP contribution is -2.25. The number of amides is 1. The fourth-order valence-corrected chi connectivity index (χ4v) is 1.91. The van der Waals surface area contributed by atoms with Gasteiger partial charge in [0.25, 0.3) is 5.91 Å². The maximum absolute atomic E-state index is 11.6. The van der Waals surface area contributed by atoms with Crippen LogP contribution < -0.4 is 5.32 Å². The van der Waals surface area contributed by atoms with Crippen LogP contribution in [0.4, 0.5) is 0 Å². The molecule has 0 unspecified atom stereocenters. The molecule has 0 aliphatic carbocycles. The normalized spacial score (nSPS) is 10.7. The number of rotatable bonds is 4. The van der Waals surface area contributed by atoms with Gasteiger partial charge in [-0.3, -0.25) is 4.79 Å². The van der Waals surface area contributed by atoms with Gasteiger partial charge < -0.3 is 14.1 Å². The number of hydrogen-bond donors (Lipinski definition) is 1. The second-order valence-corrected chi connectivity index (χ2v) is 4.18. The summed E-state index contributed by atoms with van der Waals surface area (Å²) in [6.45, 7) is 0.531. The Morgan fingerprint density at radius 2 is 2.26 bits per heavy atom. The Morgan fingerprint density at radius 3 is 3.05 bits per heavy atom.